The molecule has 94 valence electrons. The van der Waals surface area contributed by atoms with E-state index in [1.54, 1.807) is 4.90 Å². The Bertz CT molecular complexity index is 390. The SMILES string of the molecule is NCC(CN1CCc2ccccc21)C(F)(F)F. The van der Waals surface area contributed by atoms with E-state index in [0.29, 0.717) is 6.54 Å². The summed E-state index contributed by atoms with van der Waals surface area (Å²) >= 11 is 0. The van der Waals surface area contributed by atoms with Crippen molar-refractivity contribution in [3.05, 3.63) is 29.8 Å². The number of alkyl halides is 3. The molecule has 2 rings (SSSR count). The van der Waals surface area contributed by atoms with Crippen LogP contribution in [0.15, 0.2) is 24.3 Å². The summed E-state index contributed by atoms with van der Waals surface area (Å²) in [5.41, 5.74) is 7.24. The van der Waals surface area contributed by atoms with Gasteiger partial charge in [0.2, 0.25) is 0 Å². The van der Waals surface area contributed by atoms with Crippen LogP contribution in [0.1, 0.15) is 5.56 Å². The summed E-state index contributed by atoms with van der Waals surface area (Å²) in [6.45, 7) is 0.241. The van der Waals surface area contributed by atoms with Gasteiger partial charge in [0.1, 0.15) is 0 Å². The van der Waals surface area contributed by atoms with Gasteiger partial charge in [0.15, 0.2) is 0 Å². The fraction of sp³-hybridized carbons (Fsp3) is 0.500. The number of rotatable bonds is 3. The number of nitrogens with two attached hydrogens (primary N) is 1. The fourth-order valence-corrected chi connectivity index (χ4v) is 2.17. The van der Waals surface area contributed by atoms with E-state index in [2.05, 4.69) is 0 Å². The summed E-state index contributed by atoms with van der Waals surface area (Å²) in [6, 6.07) is 7.58. The van der Waals surface area contributed by atoms with Crippen LogP contribution < -0.4 is 10.6 Å². The molecule has 1 aliphatic rings. The van der Waals surface area contributed by atoms with Gasteiger partial charge in [-0.15, -0.1) is 0 Å². The lowest BCUT2D eigenvalue weighted by Gasteiger charge is -2.26. The van der Waals surface area contributed by atoms with Crippen LogP contribution in [0, 0.1) is 5.92 Å². The van der Waals surface area contributed by atoms with Crippen LogP contribution >= 0.6 is 0 Å². The van der Waals surface area contributed by atoms with Gasteiger partial charge in [-0.2, -0.15) is 13.2 Å². The Balaban J connectivity index is 2.11. The zero-order chi connectivity index (χ0) is 12.5. The quantitative estimate of drug-likeness (QED) is 0.883. The van der Waals surface area contributed by atoms with Gasteiger partial charge in [0.05, 0.1) is 5.92 Å². The molecule has 0 aliphatic carbocycles. The Kier molecular flexibility index (Phi) is 3.28. The van der Waals surface area contributed by atoms with Crippen LogP contribution in [0.4, 0.5) is 18.9 Å². The van der Waals surface area contributed by atoms with E-state index in [0.717, 1.165) is 17.7 Å². The lowest BCUT2D eigenvalue weighted by molar-refractivity contribution is -0.168. The first kappa shape index (κ1) is 12.2. The number of anilines is 1. The molecule has 1 atom stereocenters. The molecule has 1 unspecified atom stereocenters. The van der Waals surface area contributed by atoms with Gasteiger partial charge < -0.3 is 10.6 Å². The summed E-state index contributed by atoms with van der Waals surface area (Å²) in [4.78, 5) is 1.78. The van der Waals surface area contributed by atoms with E-state index in [-0.39, 0.29) is 13.1 Å². The molecule has 0 aromatic heterocycles. The molecule has 0 amide bonds. The summed E-state index contributed by atoms with van der Waals surface area (Å²) < 4.78 is 37.9. The molecule has 2 nitrogen and oxygen atoms in total. The van der Waals surface area contributed by atoms with Crippen LogP contribution in [0.3, 0.4) is 0 Å². The topological polar surface area (TPSA) is 29.3 Å². The van der Waals surface area contributed by atoms with Gasteiger partial charge >= 0.3 is 6.18 Å². The molecule has 2 N–H and O–H groups in total. The third kappa shape index (κ3) is 2.54. The maximum absolute atomic E-state index is 12.6. The predicted molar refractivity (Wildman–Crippen MR) is 61.0 cm³/mol. The molecule has 1 aliphatic heterocycles. The number of fused-ring (bicyclic) bond motifs is 1. The van der Waals surface area contributed by atoms with E-state index < -0.39 is 12.1 Å². The highest BCUT2D eigenvalue weighted by molar-refractivity contribution is 5.57. The molecule has 0 spiro atoms. The van der Waals surface area contributed by atoms with Crippen molar-refractivity contribution in [2.45, 2.75) is 12.6 Å². The van der Waals surface area contributed by atoms with Crippen molar-refractivity contribution in [3.8, 4) is 0 Å². The van der Waals surface area contributed by atoms with Crippen molar-refractivity contribution in [2.24, 2.45) is 11.7 Å². The van der Waals surface area contributed by atoms with Gasteiger partial charge in [-0.3, -0.25) is 0 Å². The van der Waals surface area contributed by atoms with Gasteiger partial charge in [-0.05, 0) is 18.1 Å². The van der Waals surface area contributed by atoms with E-state index in [1.807, 2.05) is 24.3 Å². The van der Waals surface area contributed by atoms with Crippen molar-refractivity contribution in [3.63, 3.8) is 0 Å². The number of nitrogens with zero attached hydrogens (tertiary/aromatic N) is 1. The van der Waals surface area contributed by atoms with Gasteiger partial charge in [0, 0.05) is 25.3 Å². The monoisotopic (exact) mass is 244 g/mol. The summed E-state index contributed by atoms with van der Waals surface area (Å²) in [7, 11) is 0. The largest absolute Gasteiger partial charge is 0.394 e. The zero-order valence-electron chi connectivity index (χ0n) is 9.37. The highest BCUT2D eigenvalue weighted by Gasteiger charge is 2.40. The molecule has 1 aromatic carbocycles. The summed E-state index contributed by atoms with van der Waals surface area (Å²) in [6.07, 6.45) is -3.41. The van der Waals surface area contributed by atoms with E-state index in [9.17, 15) is 13.2 Å². The minimum absolute atomic E-state index is 0.0446. The maximum Gasteiger partial charge on any atom is 0.394 e. The molecule has 0 saturated carbocycles. The van der Waals surface area contributed by atoms with Crippen LogP contribution in [-0.4, -0.2) is 25.8 Å². The second-order valence-corrected chi connectivity index (χ2v) is 4.30. The van der Waals surface area contributed by atoms with Crippen molar-refractivity contribution in [1.82, 2.24) is 0 Å². The highest BCUT2D eigenvalue weighted by atomic mass is 19.4. The first-order chi connectivity index (χ1) is 8.02. The van der Waals surface area contributed by atoms with Crippen LogP contribution in [0.25, 0.3) is 0 Å². The van der Waals surface area contributed by atoms with Crippen molar-refractivity contribution in [1.29, 1.82) is 0 Å². The molecule has 0 fully saturated rings. The number of benzene rings is 1. The minimum Gasteiger partial charge on any atom is -0.370 e. The molecule has 1 aromatic rings. The first-order valence-electron chi connectivity index (χ1n) is 5.62. The third-order valence-corrected chi connectivity index (χ3v) is 3.17. The Morgan fingerprint density at radius 1 is 1.29 bits per heavy atom. The van der Waals surface area contributed by atoms with Crippen molar-refractivity contribution < 1.29 is 13.2 Å². The van der Waals surface area contributed by atoms with E-state index in [4.69, 9.17) is 5.73 Å². The average molecular weight is 244 g/mol. The van der Waals surface area contributed by atoms with Gasteiger partial charge in [-0.25, -0.2) is 0 Å². The molecule has 1 heterocycles. The lowest BCUT2D eigenvalue weighted by atomic mass is 10.1. The standard InChI is InChI=1S/C12H15F3N2/c13-12(14,15)10(7-16)8-17-6-5-9-3-1-2-4-11(9)17/h1-4,10H,5-8,16H2. The van der Waals surface area contributed by atoms with Crippen LogP contribution in [0.5, 0.6) is 0 Å². The lowest BCUT2D eigenvalue weighted by Crippen LogP contribution is -2.40. The number of halogens is 3. The Morgan fingerprint density at radius 3 is 2.65 bits per heavy atom. The fourth-order valence-electron chi connectivity index (χ4n) is 2.17. The summed E-state index contributed by atoms with van der Waals surface area (Å²) in [5.74, 6) is -1.45. The molecule has 0 radical (unpaired) electrons. The maximum atomic E-state index is 12.6. The predicted octanol–water partition coefficient (Wildman–Crippen LogP) is 2.19. The number of para-hydroxylation sites is 1. The first-order valence-corrected chi connectivity index (χ1v) is 5.62. The van der Waals surface area contributed by atoms with Gasteiger partial charge in [0.25, 0.3) is 0 Å². The average Bonchev–Trinajstić information content (AvgIpc) is 2.67. The van der Waals surface area contributed by atoms with Crippen molar-refractivity contribution >= 4 is 5.69 Å². The Morgan fingerprint density at radius 2 is 2.00 bits per heavy atom. The van der Waals surface area contributed by atoms with E-state index >= 15 is 0 Å². The Labute approximate surface area is 98.2 Å². The third-order valence-electron chi connectivity index (χ3n) is 3.17. The molecule has 17 heavy (non-hydrogen) atoms. The smallest absolute Gasteiger partial charge is 0.370 e. The number of hydrogen-bond donors (Lipinski definition) is 1. The second kappa shape index (κ2) is 4.56. The minimum atomic E-state index is -4.22. The zero-order valence-corrected chi connectivity index (χ0v) is 9.37. The highest BCUT2D eigenvalue weighted by Crippen LogP contribution is 2.32. The molecular formula is C12H15F3N2. The molecule has 0 saturated heterocycles. The van der Waals surface area contributed by atoms with E-state index in [1.165, 1.54) is 0 Å². The van der Waals surface area contributed by atoms with Gasteiger partial charge in [-0.1, -0.05) is 18.2 Å². The molecule has 5 heteroatoms. The van der Waals surface area contributed by atoms with Crippen LogP contribution in [0.2, 0.25) is 0 Å². The molecular weight excluding hydrogens is 229 g/mol. The Hall–Kier alpha value is -1.23. The number of hydrogen-bond acceptors (Lipinski definition) is 2. The second-order valence-electron chi connectivity index (χ2n) is 4.30. The van der Waals surface area contributed by atoms with Crippen molar-refractivity contribution in [2.75, 3.05) is 24.5 Å². The van der Waals surface area contributed by atoms with Crippen LogP contribution in [-0.2, 0) is 6.42 Å². The summed E-state index contributed by atoms with van der Waals surface area (Å²) in [5, 5.41) is 0. The normalized spacial score (nSPS) is 17.1. The molecule has 0 bridgehead atoms.